The van der Waals surface area contributed by atoms with Crippen molar-refractivity contribution in [3.05, 3.63) is 0 Å². The van der Waals surface area contributed by atoms with E-state index in [1.54, 1.807) is 0 Å². The molecule has 0 aromatic heterocycles. The fourth-order valence-electron chi connectivity index (χ4n) is 2.29. The van der Waals surface area contributed by atoms with Gasteiger partial charge in [-0.15, -0.1) is 0 Å². The van der Waals surface area contributed by atoms with E-state index < -0.39 is 0 Å². The Hall–Kier alpha value is -0.150. The third kappa shape index (κ3) is 4.94. The lowest BCUT2D eigenvalue weighted by Gasteiger charge is -2.35. The average Bonchev–Trinajstić information content (AvgIpc) is 2.28. The maximum atomic E-state index is 12.1. The zero-order valence-corrected chi connectivity index (χ0v) is 9.97. The van der Waals surface area contributed by atoms with Gasteiger partial charge in [0.15, 0.2) is 0 Å². The van der Waals surface area contributed by atoms with Gasteiger partial charge in [-0.1, -0.05) is 13.3 Å². The lowest BCUT2D eigenvalue weighted by atomic mass is 10.0. The molecule has 1 saturated heterocycles. The van der Waals surface area contributed by atoms with Crippen molar-refractivity contribution in [2.45, 2.75) is 45.1 Å². The number of hydrogen-bond donors (Lipinski definition) is 1. The Morgan fingerprint density at radius 1 is 1.40 bits per heavy atom. The van der Waals surface area contributed by atoms with E-state index in [1.807, 2.05) is 0 Å². The quantitative estimate of drug-likeness (QED) is 0.656. The first-order valence-electron chi connectivity index (χ1n) is 6.39. The summed E-state index contributed by atoms with van der Waals surface area (Å²) in [6.07, 6.45) is 5.80. The fraction of sp³-hybridized carbons (Fsp3) is 1.00. The summed E-state index contributed by atoms with van der Waals surface area (Å²) in [4.78, 5) is 2.46. The van der Waals surface area contributed by atoms with Crippen LogP contribution >= 0.6 is 0 Å². The molecule has 0 bridgehead atoms. The third-order valence-corrected chi connectivity index (χ3v) is 3.13. The smallest absolute Gasteiger partial charge is 0.0906 e. The molecular weight excluding hydrogens is 191 g/mol. The van der Waals surface area contributed by atoms with Crippen molar-refractivity contribution in [2.24, 2.45) is 0 Å². The highest BCUT2D eigenvalue weighted by atomic mass is 19.1. The van der Waals surface area contributed by atoms with Crippen LogP contribution in [0.15, 0.2) is 0 Å². The second kappa shape index (κ2) is 8.05. The van der Waals surface area contributed by atoms with Crippen LogP contribution in [0.2, 0.25) is 0 Å². The molecule has 1 N–H and O–H groups in total. The van der Waals surface area contributed by atoms with Crippen molar-refractivity contribution in [1.29, 1.82) is 0 Å². The van der Waals surface area contributed by atoms with Crippen LogP contribution < -0.4 is 5.32 Å². The summed E-state index contributed by atoms with van der Waals surface area (Å²) in [6.45, 7) is 6.31. The van der Waals surface area contributed by atoms with Gasteiger partial charge >= 0.3 is 0 Å². The lowest BCUT2D eigenvalue weighted by molar-refractivity contribution is 0.140. The van der Waals surface area contributed by atoms with Gasteiger partial charge in [-0.2, -0.15) is 0 Å². The second-order valence-corrected chi connectivity index (χ2v) is 4.43. The average molecular weight is 216 g/mol. The summed E-state index contributed by atoms with van der Waals surface area (Å²) in [6, 6.07) is 0.650. The Bertz CT molecular complexity index is 153. The number of rotatable bonds is 7. The van der Waals surface area contributed by atoms with E-state index in [-0.39, 0.29) is 6.67 Å². The molecule has 1 fully saturated rings. The summed E-state index contributed by atoms with van der Waals surface area (Å²) < 4.78 is 12.1. The highest BCUT2D eigenvalue weighted by Crippen LogP contribution is 2.16. The number of likely N-dealkylation sites (tertiary alicyclic amines) is 1. The van der Waals surface area contributed by atoms with Crippen LogP contribution in [0.25, 0.3) is 0 Å². The first-order valence-corrected chi connectivity index (χ1v) is 6.39. The number of nitrogens with one attached hydrogen (secondary N) is 1. The van der Waals surface area contributed by atoms with Crippen LogP contribution in [0.1, 0.15) is 39.0 Å². The predicted molar refractivity (Wildman–Crippen MR) is 63.0 cm³/mol. The minimum absolute atomic E-state index is 0.175. The summed E-state index contributed by atoms with van der Waals surface area (Å²) in [7, 11) is 0. The molecule has 1 unspecified atom stereocenters. The SMILES string of the molecule is CCCNCC1CCCCN1CCCF. The van der Waals surface area contributed by atoms with Gasteiger partial charge in [0.25, 0.3) is 0 Å². The molecule has 15 heavy (non-hydrogen) atoms. The van der Waals surface area contributed by atoms with Crippen LogP contribution in [0.4, 0.5) is 4.39 Å². The monoisotopic (exact) mass is 216 g/mol. The first kappa shape index (κ1) is 12.9. The first-order chi connectivity index (χ1) is 7.38. The molecule has 1 heterocycles. The summed E-state index contributed by atoms with van der Waals surface area (Å²) in [5.74, 6) is 0. The summed E-state index contributed by atoms with van der Waals surface area (Å²) >= 11 is 0. The van der Waals surface area contributed by atoms with Gasteiger partial charge in [0, 0.05) is 19.1 Å². The van der Waals surface area contributed by atoms with Crippen molar-refractivity contribution < 1.29 is 4.39 Å². The largest absolute Gasteiger partial charge is 0.315 e. The molecule has 0 aromatic carbocycles. The Morgan fingerprint density at radius 3 is 3.00 bits per heavy atom. The van der Waals surface area contributed by atoms with Crippen molar-refractivity contribution in [1.82, 2.24) is 10.2 Å². The molecule has 3 heteroatoms. The van der Waals surface area contributed by atoms with E-state index in [2.05, 4.69) is 17.1 Å². The van der Waals surface area contributed by atoms with Crippen LogP contribution in [0.5, 0.6) is 0 Å². The Morgan fingerprint density at radius 2 is 2.27 bits per heavy atom. The van der Waals surface area contributed by atoms with E-state index in [9.17, 15) is 4.39 Å². The third-order valence-electron chi connectivity index (χ3n) is 3.13. The highest BCUT2D eigenvalue weighted by Gasteiger charge is 2.20. The van der Waals surface area contributed by atoms with Crippen molar-refractivity contribution in [3.63, 3.8) is 0 Å². The van der Waals surface area contributed by atoms with Crippen LogP contribution in [0.3, 0.4) is 0 Å². The van der Waals surface area contributed by atoms with Crippen LogP contribution in [-0.2, 0) is 0 Å². The molecule has 0 radical (unpaired) electrons. The molecule has 1 atom stereocenters. The van der Waals surface area contributed by atoms with Gasteiger partial charge in [0.05, 0.1) is 6.67 Å². The topological polar surface area (TPSA) is 15.3 Å². The van der Waals surface area contributed by atoms with Gasteiger partial charge in [0.1, 0.15) is 0 Å². The van der Waals surface area contributed by atoms with Gasteiger partial charge in [-0.25, -0.2) is 0 Å². The lowest BCUT2D eigenvalue weighted by Crippen LogP contribution is -2.46. The number of piperidine rings is 1. The molecule has 1 aliphatic rings. The molecule has 0 aliphatic carbocycles. The molecule has 0 amide bonds. The summed E-state index contributed by atoms with van der Waals surface area (Å²) in [5.41, 5.74) is 0. The van der Waals surface area contributed by atoms with E-state index in [1.165, 1.54) is 32.2 Å². The number of hydrogen-bond acceptors (Lipinski definition) is 2. The zero-order valence-electron chi connectivity index (χ0n) is 9.97. The van der Waals surface area contributed by atoms with E-state index in [0.717, 1.165) is 19.6 Å². The molecule has 0 spiro atoms. The molecule has 2 nitrogen and oxygen atoms in total. The molecular formula is C12H25FN2. The zero-order chi connectivity index (χ0) is 10.9. The fourth-order valence-corrected chi connectivity index (χ4v) is 2.29. The van der Waals surface area contributed by atoms with Crippen molar-refractivity contribution >= 4 is 0 Å². The predicted octanol–water partition coefficient (Wildman–Crippen LogP) is 2.20. The van der Waals surface area contributed by atoms with Crippen molar-refractivity contribution in [2.75, 3.05) is 32.9 Å². The van der Waals surface area contributed by atoms with Gasteiger partial charge < -0.3 is 5.32 Å². The normalized spacial score (nSPS) is 23.2. The highest BCUT2D eigenvalue weighted by molar-refractivity contribution is 4.78. The van der Waals surface area contributed by atoms with Gasteiger partial charge in [0.2, 0.25) is 0 Å². The number of alkyl halides is 1. The number of halogens is 1. The molecule has 1 aliphatic heterocycles. The second-order valence-electron chi connectivity index (χ2n) is 4.43. The van der Waals surface area contributed by atoms with Crippen LogP contribution in [0, 0.1) is 0 Å². The summed E-state index contributed by atoms with van der Waals surface area (Å²) in [5, 5.41) is 3.48. The van der Waals surface area contributed by atoms with E-state index in [0.29, 0.717) is 12.5 Å². The Labute approximate surface area is 93.2 Å². The minimum atomic E-state index is -0.175. The van der Waals surface area contributed by atoms with Crippen LogP contribution in [-0.4, -0.2) is 43.8 Å². The Kier molecular flexibility index (Phi) is 6.94. The maximum Gasteiger partial charge on any atom is 0.0906 e. The standard InChI is InChI=1S/C12H25FN2/c1-2-8-14-11-12-6-3-4-9-15(12)10-5-7-13/h12,14H,2-11H2,1H3. The van der Waals surface area contributed by atoms with E-state index >= 15 is 0 Å². The number of nitrogens with zero attached hydrogens (tertiary/aromatic N) is 1. The van der Waals surface area contributed by atoms with E-state index in [4.69, 9.17) is 0 Å². The molecule has 1 rings (SSSR count). The minimum Gasteiger partial charge on any atom is -0.315 e. The van der Waals surface area contributed by atoms with Gasteiger partial charge in [-0.3, -0.25) is 9.29 Å². The molecule has 90 valence electrons. The van der Waals surface area contributed by atoms with Gasteiger partial charge in [-0.05, 0) is 38.8 Å². The molecule has 0 saturated carbocycles. The molecule has 0 aromatic rings. The van der Waals surface area contributed by atoms with Crippen molar-refractivity contribution in [3.8, 4) is 0 Å². The maximum absolute atomic E-state index is 12.1. The Balaban J connectivity index is 2.22.